The second kappa shape index (κ2) is 6.45. The SMILES string of the molecule is CN1C(O)C(C(=O)Nc2ccccc2)c2cc3ccccc3cc2S1(=O)=O. The Balaban J connectivity index is 1.87. The number of sulfonamides is 1. The first-order chi connectivity index (χ1) is 12.9. The molecule has 7 heteroatoms. The zero-order valence-corrected chi connectivity index (χ0v) is 15.3. The van der Waals surface area contributed by atoms with E-state index in [1.54, 1.807) is 36.4 Å². The van der Waals surface area contributed by atoms with Crippen LogP contribution in [0.2, 0.25) is 0 Å². The predicted octanol–water partition coefficient (Wildman–Crippen LogP) is 2.51. The lowest BCUT2D eigenvalue weighted by Gasteiger charge is -2.35. The molecule has 27 heavy (non-hydrogen) atoms. The van der Waals surface area contributed by atoms with E-state index < -0.39 is 28.1 Å². The number of carbonyl (C=O) groups excluding carboxylic acids is 1. The molecule has 0 bridgehead atoms. The van der Waals surface area contributed by atoms with E-state index in [1.165, 1.54) is 7.05 Å². The van der Waals surface area contributed by atoms with E-state index in [-0.39, 0.29) is 4.90 Å². The lowest BCUT2D eigenvalue weighted by Crippen LogP contribution is -2.48. The first-order valence-corrected chi connectivity index (χ1v) is 9.88. The summed E-state index contributed by atoms with van der Waals surface area (Å²) in [5.74, 6) is -1.51. The Morgan fingerprint density at radius 3 is 2.26 bits per heavy atom. The van der Waals surface area contributed by atoms with Gasteiger partial charge in [-0.3, -0.25) is 4.79 Å². The number of carbonyl (C=O) groups is 1. The van der Waals surface area contributed by atoms with E-state index in [4.69, 9.17) is 0 Å². The van der Waals surface area contributed by atoms with Crippen LogP contribution in [0.15, 0.2) is 71.6 Å². The molecule has 1 heterocycles. The minimum Gasteiger partial charge on any atom is -0.376 e. The standard InChI is InChI=1S/C20H18N2O4S/c1-22-20(24)18(19(23)21-15-9-3-2-4-10-15)16-11-13-7-5-6-8-14(13)12-17(16)27(22,25)26/h2-12,18,20,24H,1H3,(H,21,23). The van der Waals surface area contributed by atoms with Gasteiger partial charge in [0.1, 0.15) is 12.1 Å². The van der Waals surface area contributed by atoms with Crippen LogP contribution in [0.3, 0.4) is 0 Å². The van der Waals surface area contributed by atoms with Crippen LogP contribution in [0, 0.1) is 0 Å². The van der Waals surface area contributed by atoms with E-state index in [2.05, 4.69) is 5.32 Å². The number of fused-ring (bicyclic) bond motifs is 2. The summed E-state index contributed by atoms with van der Waals surface area (Å²) in [6.07, 6.45) is -1.49. The molecule has 0 saturated heterocycles. The summed E-state index contributed by atoms with van der Waals surface area (Å²) < 4.78 is 26.5. The van der Waals surface area contributed by atoms with Crippen LogP contribution in [0.1, 0.15) is 11.5 Å². The third-order valence-electron chi connectivity index (χ3n) is 4.86. The fourth-order valence-corrected chi connectivity index (χ4v) is 4.87. The number of hydrogen-bond acceptors (Lipinski definition) is 4. The number of para-hydroxylation sites is 1. The molecule has 0 radical (unpaired) electrons. The highest BCUT2D eigenvalue weighted by Gasteiger charge is 2.45. The molecule has 1 aliphatic heterocycles. The van der Waals surface area contributed by atoms with Gasteiger partial charge in [-0.05, 0) is 40.6 Å². The normalized spacial score (nSPS) is 21.6. The molecule has 1 aliphatic rings. The molecule has 0 aromatic heterocycles. The number of rotatable bonds is 2. The highest BCUT2D eigenvalue weighted by Crippen LogP contribution is 2.39. The molecule has 2 N–H and O–H groups in total. The van der Waals surface area contributed by atoms with Gasteiger partial charge in [-0.15, -0.1) is 0 Å². The van der Waals surface area contributed by atoms with Crippen LogP contribution >= 0.6 is 0 Å². The molecule has 4 rings (SSSR count). The number of hydrogen-bond donors (Lipinski definition) is 2. The Hall–Kier alpha value is -2.74. The number of aliphatic hydroxyl groups excluding tert-OH is 1. The highest BCUT2D eigenvalue weighted by molar-refractivity contribution is 7.89. The van der Waals surface area contributed by atoms with Crippen molar-refractivity contribution < 1.29 is 18.3 Å². The second-order valence-corrected chi connectivity index (χ2v) is 8.47. The molecule has 0 aliphatic carbocycles. The summed E-state index contributed by atoms with van der Waals surface area (Å²) >= 11 is 0. The van der Waals surface area contributed by atoms with Crippen molar-refractivity contribution in [3.8, 4) is 0 Å². The van der Waals surface area contributed by atoms with Gasteiger partial charge < -0.3 is 10.4 Å². The van der Waals surface area contributed by atoms with E-state index in [0.717, 1.165) is 15.1 Å². The zero-order valence-electron chi connectivity index (χ0n) is 14.5. The Kier molecular flexibility index (Phi) is 4.22. The van der Waals surface area contributed by atoms with Gasteiger partial charge in [-0.25, -0.2) is 8.42 Å². The Bertz CT molecular complexity index is 1130. The third kappa shape index (κ3) is 2.90. The van der Waals surface area contributed by atoms with Crippen molar-refractivity contribution in [2.24, 2.45) is 0 Å². The molecule has 0 spiro atoms. The lowest BCUT2D eigenvalue weighted by atomic mass is 9.93. The first kappa shape index (κ1) is 17.7. The topological polar surface area (TPSA) is 86.7 Å². The van der Waals surface area contributed by atoms with E-state index in [9.17, 15) is 18.3 Å². The molecule has 2 unspecified atom stereocenters. The molecule has 3 aromatic carbocycles. The monoisotopic (exact) mass is 382 g/mol. The number of benzene rings is 3. The molecule has 138 valence electrons. The number of nitrogens with zero attached hydrogens (tertiary/aromatic N) is 1. The van der Waals surface area contributed by atoms with Crippen molar-refractivity contribution in [2.75, 3.05) is 12.4 Å². The molecule has 1 amide bonds. The highest BCUT2D eigenvalue weighted by atomic mass is 32.2. The van der Waals surface area contributed by atoms with Gasteiger partial charge in [0.15, 0.2) is 0 Å². The summed E-state index contributed by atoms with van der Waals surface area (Å²) in [6, 6.07) is 19.4. The quantitative estimate of drug-likeness (QED) is 0.713. The van der Waals surface area contributed by atoms with Crippen molar-refractivity contribution >= 4 is 32.4 Å². The van der Waals surface area contributed by atoms with Gasteiger partial charge in [0.2, 0.25) is 15.9 Å². The average molecular weight is 382 g/mol. The fourth-order valence-electron chi connectivity index (χ4n) is 3.39. The minimum atomic E-state index is -3.90. The summed E-state index contributed by atoms with van der Waals surface area (Å²) in [5, 5.41) is 14.9. The summed E-state index contributed by atoms with van der Waals surface area (Å²) in [4.78, 5) is 13.0. The average Bonchev–Trinajstić information content (AvgIpc) is 2.66. The Labute approximate surface area is 157 Å². The number of aliphatic hydroxyl groups is 1. The van der Waals surface area contributed by atoms with Gasteiger partial charge in [-0.1, -0.05) is 42.5 Å². The van der Waals surface area contributed by atoms with Gasteiger partial charge in [0, 0.05) is 12.7 Å². The van der Waals surface area contributed by atoms with E-state index in [0.29, 0.717) is 11.3 Å². The van der Waals surface area contributed by atoms with Crippen LogP contribution in [0.5, 0.6) is 0 Å². The van der Waals surface area contributed by atoms with Crippen LogP contribution in [-0.2, 0) is 14.8 Å². The number of amides is 1. The number of likely N-dealkylation sites (N-methyl/N-ethyl adjacent to an activating group) is 1. The maximum absolute atomic E-state index is 12.9. The van der Waals surface area contributed by atoms with Crippen LogP contribution in [0.25, 0.3) is 10.8 Å². The Morgan fingerprint density at radius 1 is 1.00 bits per heavy atom. The minimum absolute atomic E-state index is 0.0437. The molecule has 0 fully saturated rings. The number of nitrogens with one attached hydrogen (secondary N) is 1. The van der Waals surface area contributed by atoms with E-state index in [1.807, 2.05) is 30.3 Å². The smallest absolute Gasteiger partial charge is 0.245 e. The molecular formula is C20H18N2O4S. The summed E-state index contributed by atoms with van der Waals surface area (Å²) in [6.45, 7) is 0. The molecule has 2 atom stereocenters. The van der Waals surface area contributed by atoms with Crippen LogP contribution in [0.4, 0.5) is 5.69 Å². The summed E-state index contributed by atoms with van der Waals surface area (Å²) in [7, 11) is -2.62. The lowest BCUT2D eigenvalue weighted by molar-refractivity contribution is -0.122. The van der Waals surface area contributed by atoms with Gasteiger partial charge >= 0.3 is 0 Å². The zero-order chi connectivity index (χ0) is 19.2. The molecule has 3 aromatic rings. The van der Waals surface area contributed by atoms with Crippen molar-refractivity contribution in [1.29, 1.82) is 0 Å². The molecular weight excluding hydrogens is 364 g/mol. The fraction of sp³-hybridized carbons (Fsp3) is 0.150. The van der Waals surface area contributed by atoms with Crippen molar-refractivity contribution in [3.05, 3.63) is 72.3 Å². The predicted molar refractivity (Wildman–Crippen MR) is 103 cm³/mol. The Morgan fingerprint density at radius 2 is 1.59 bits per heavy atom. The molecule has 0 saturated carbocycles. The number of anilines is 1. The van der Waals surface area contributed by atoms with Crippen molar-refractivity contribution in [1.82, 2.24) is 4.31 Å². The van der Waals surface area contributed by atoms with Crippen molar-refractivity contribution in [3.63, 3.8) is 0 Å². The first-order valence-electron chi connectivity index (χ1n) is 8.44. The maximum Gasteiger partial charge on any atom is 0.245 e. The van der Waals surface area contributed by atoms with Gasteiger partial charge in [-0.2, -0.15) is 4.31 Å². The maximum atomic E-state index is 12.9. The molecule has 6 nitrogen and oxygen atoms in total. The third-order valence-corrected chi connectivity index (χ3v) is 6.75. The second-order valence-electron chi connectivity index (χ2n) is 6.50. The van der Waals surface area contributed by atoms with Crippen LogP contribution < -0.4 is 5.32 Å². The van der Waals surface area contributed by atoms with Crippen LogP contribution in [-0.4, -0.2) is 37.0 Å². The largest absolute Gasteiger partial charge is 0.376 e. The van der Waals surface area contributed by atoms with E-state index >= 15 is 0 Å². The van der Waals surface area contributed by atoms with Gasteiger partial charge in [0.25, 0.3) is 0 Å². The summed E-state index contributed by atoms with van der Waals surface area (Å²) in [5.41, 5.74) is 0.876. The van der Waals surface area contributed by atoms with Gasteiger partial charge in [0.05, 0.1) is 4.90 Å². The van der Waals surface area contributed by atoms with Crippen molar-refractivity contribution in [2.45, 2.75) is 17.0 Å².